The third kappa shape index (κ3) is 5.78. The van der Waals surface area contributed by atoms with Gasteiger partial charge in [-0.15, -0.1) is 0 Å². The highest BCUT2D eigenvalue weighted by Crippen LogP contribution is 2.27. The Hall–Kier alpha value is -2.28. The van der Waals surface area contributed by atoms with E-state index in [0.717, 1.165) is 0 Å². The summed E-state index contributed by atoms with van der Waals surface area (Å²) in [6.45, 7) is 6.44. The molecule has 0 bridgehead atoms. The molecule has 0 aliphatic rings. The molecule has 0 heterocycles. The maximum absolute atomic E-state index is 11.8. The number of ether oxygens (including phenoxy) is 2. The summed E-state index contributed by atoms with van der Waals surface area (Å²) in [4.78, 5) is 22.8. The van der Waals surface area contributed by atoms with Crippen LogP contribution in [-0.2, 0) is 16.0 Å². The predicted octanol–water partition coefficient (Wildman–Crippen LogP) is 2.42. The number of methoxy groups -OCH3 is 1. The van der Waals surface area contributed by atoms with Gasteiger partial charge in [-0.3, -0.25) is 5.32 Å². The Morgan fingerprint density at radius 1 is 1.22 bits per heavy atom. The Balaban J connectivity index is 2.99. The lowest BCUT2D eigenvalue weighted by Crippen LogP contribution is -2.37. The molecule has 0 spiro atoms. The zero-order valence-electron chi connectivity index (χ0n) is 14.0. The first-order valence-corrected chi connectivity index (χ1v) is 7.07. The lowest BCUT2D eigenvalue weighted by Gasteiger charge is -2.21. The van der Waals surface area contributed by atoms with Gasteiger partial charge >= 0.3 is 12.1 Å². The van der Waals surface area contributed by atoms with Crippen molar-refractivity contribution in [3.05, 3.63) is 23.8 Å². The van der Waals surface area contributed by atoms with E-state index in [2.05, 4.69) is 5.32 Å². The molecule has 1 atom stereocenters. The second kappa shape index (κ2) is 6.87. The van der Waals surface area contributed by atoms with Gasteiger partial charge in [0.05, 0.1) is 7.11 Å². The van der Waals surface area contributed by atoms with Crippen molar-refractivity contribution in [1.82, 2.24) is 0 Å². The second-order valence-corrected chi connectivity index (χ2v) is 6.41. The zero-order valence-corrected chi connectivity index (χ0v) is 14.0. The van der Waals surface area contributed by atoms with Crippen LogP contribution in [0.1, 0.15) is 33.3 Å². The number of rotatable bonds is 5. The molecule has 1 rings (SSSR count). The fraction of sp³-hybridized carbons (Fsp3) is 0.500. The molecule has 0 saturated carbocycles. The summed E-state index contributed by atoms with van der Waals surface area (Å²) in [6.07, 6.45) is -0.798. The predicted molar refractivity (Wildman–Crippen MR) is 84.8 cm³/mol. The Morgan fingerprint density at radius 2 is 1.83 bits per heavy atom. The summed E-state index contributed by atoms with van der Waals surface area (Å²) in [5.41, 5.74) is -1.71. The van der Waals surface area contributed by atoms with Gasteiger partial charge in [0.25, 0.3) is 0 Å². The molecule has 0 fully saturated rings. The van der Waals surface area contributed by atoms with E-state index in [9.17, 15) is 14.7 Å². The summed E-state index contributed by atoms with van der Waals surface area (Å²) in [5, 5.41) is 21.5. The second-order valence-electron chi connectivity index (χ2n) is 6.41. The number of anilines is 1. The minimum absolute atomic E-state index is 0.171. The number of hydrogen-bond donors (Lipinski definition) is 3. The van der Waals surface area contributed by atoms with E-state index in [4.69, 9.17) is 14.6 Å². The summed E-state index contributed by atoms with van der Waals surface area (Å²) in [7, 11) is 1.44. The smallest absolute Gasteiger partial charge is 0.412 e. The summed E-state index contributed by atoms with van der Waals surface area (Å²) in [5.74, 6) is -0.925. The molecule has 7 heteroatoms. The van der Waals surface area contributed by atoms with Crippen LogP contribution in [0.15, 0.2) is 18.2 Å². The van der Waals surface area contributed by atoms with Crippen LogP contribution >= 0.6 is 0 Å². The summed E-state index contributed by atoms with van der Waals surface area (Å²) >= 11 is 0. The van der Waals surface area contributed by atoms with E-state index in [0.29, 0.717) is 17.0 Å². The van der Waals surface area contributed by atoms with Gasteiger partial charge in [-0.2, -0.15) is 0 Å². The summed E-state index contributed by atoms with van der Waals surface area (Å²) < 4.78 is 10.3. The van der Waals surface area contributed by atoms with Crippen molar-refractivity contribution in [3.63, 3.8) is 0 Å². The monoisotopic (exact) mass is 325 g/mol. The maximum Gasteiger partial charge on any atom is 0.412 e. The first kappa shape index (κ1) is 18.8. The zero-order chi connectivity index (χ0) is 17.8. The normalized spacial score (nSPS) is 13.8. The van der Waals surface area contributed by atoms with E-state index in [1.165, 1.54) is 14.0 Å². The molecule has 1 aromatic rings. The van der Waals surface area contributed by atoms with Crippen LogP contribution in [0.3, 0.4) is 0 Å². The van der Waals surface area contributed by atoms with Gasteiger partial charge in [0.15, 0.2) is 5.60 Å². The van der Waals surface area contributed by atoms with Crippen LogP contribution in [0.5, 0.6) is 5.75 Å². The van der Waals surface area contributed by atoms with Crippen LogP contribution in [0.4, 0.5) is 10.5 Å². The number of carboxylic acid groups (broad SMARTS) is 1. The van der Waals surface area contributed by atoms with Crippen LogP contribution in [-0.4, -0.2) is 40.6 Å². The van der Waals surface area contributed by atoms with Crippen molar-refractivity contribution in [2.24, 2.45) is 0 Å². The van der Waals surface area contributed by atoms with E-state index in [1.54, 1.807) is 39.0 Å². The van der Waals surface area contributed by atoms with Gasteiger partial charge in [0.2, 0.25) is 0 Å². The van der Waals surface area contributed by atoms with E-state index in [-0.39, 0.29) is 6.42 Å². The number of aliphatic hydroxyl groups is 1. The Bertz CT molecular complexity index is 589. The molecule has 128 valence electrons. The van der Waals surface area contributed by atoms with E-state index < -0.39 is 23.3 Å². The Kier molecular flexibility index (Phi) is 5.60. The molecular weight excluding hydrogens is 302 g/mol. The highest BCUT2D eigenvalue weighted by Gasteiger charge is 2.31. The quantitative estimate of drug-likeness (QED) is 0.768. The van der Waals surface area contributed by atoms with Gasteiger partial charge in [0, 0.05) is 12.1 Å². The lowest BCUT2D eigenvalue weighted by molar-refractivity contribution is -0.156. The molecule has 7 nitrogen and oxygen atoms in total. The molecule has 0 radical (unpaired) electrons. The topological polar surface area (TPSA) is 105 Å². The van der Waals surface area contributed by atoms with Gasteiger partial charge in [-0.1, -0.05) is 0 Å². The SMILES string of the molecule is COc1ccc(NC(=O)OC(C)(C)C)cc1CC(C)(O)C(=O)O. The molecule has 3 N–H and O–H groups in total. The van der Waals surface area contributed by atoms with Crippen molar-refractivity contribution in [2.75, 3.05) is 12.4 Å². The Labute approximate surface area is 135 Å². The van der Waals surface area contributed by atoms with Gasteiger partial charge in [-0.05, 0) is 51.5 Å². The third-order valence-corrected chi connectivity index (χ3v) is 2.92. The highest BCUT2D eigenvalue weighted by atomic mass is 16.6. The fourth-order valence-corrected chi connectivity index (χ4v) is 1.86. The van der Waals surface area contributed by atoms with Crippen molar-refractivity contribution in [1.29, 1.82) is 0 Å². The van der Waals surface area contributed by atoms with Crippen LogP contribution < -0.4 is 10.1 Å². The van der Waals surface area contributed by atoms with Crippen LogP contribution in [0.2, 0.25) is 0 Å². The number of carbonyl (C=O) groups excluding carboxylic acids is 1. The first-order chi connectivity index (χ1) is 10.4. The van der Waals surface area contributed by atoms with Crippen molar-refractivity contribution < 1.29 is 29.3 Å². The number of benzene rings is 1. The Morgan fingerprint density at radius 3 is 2.30 bits per heavy atom. The average molecular weight is 325 g/mol. The number of amides is 1. The van der Waals surface area contributed by atoms with Crippen LogP contribution in [0.25, 0.3) is 0 Å². The van der Waals surface area contributed by atoms with Crippen molar-refractivity contribution in [2.45, 2.75) is 45.3 Å². The molecule has 0 aliphatic carbocycles. The molecule has 0 saturated heterocycles. The first-order valence-electron chi connectivity index (χ1n) is 7.07. The minimum Gasteiger partial charge on any atom is -0.496 e. The average Bonchev–Trinajstić information content (AvgIpc) is 2.36. The molecule has 0 aliphatic heterocycles. The number of nitrogens with one attached hydrogen (secondary N) is 1. The standard InChI is InChI=1S/C16H23NO6/c1-15(2,3)23-14(20)17-11-6-7-12(22-5)10(8-11)9-16(4,21)13(18)19/h6-8,21H,9H2,1-5H3,(H,17,20)(H,18,19). The molecule has 1 amide bonds. The summed E-state index contributed by atoms with van der Waals surface area (Å²) in [6, 6.07) is 4.72. The number of carboxylic acids is 1. The minimum atomic E-state index is -1.95. The van der Waals surface area contributed by atoms with E-state index in [1.807, 2.05) is 0 Å². The van der Waals surface area contributed by atoms with Crippen molar-refractivity contribution >= 4 is 17.7 Å². The lowest BCUT2D eigenvalue weighted by atomic mass is 9.95. The van der Waals surface area contributed by atoms with Gasteiger partial charge < -0.3 is 19.7 Å². The van der Waals surface area contributed by atoms with Gasteiger partial charge in [0.1, 0.15) is 11.4 Å². The number of hydrogen-bond acceptors (Lipinski definition) is 5. The molecule has 0 aromatic heterocycles. The van der Waals surface area contributed by atoms with Gasteiger partial charge in [-0.25, -0.2) is 9.59 Å². The number of aliphatic carboxylic acids is 1. The number of carbonyl (C=O) groups is 2. The largest absolute Gasteiger partial charge is 0.496 e. The maximum atomic E-state index is 11.8. The molecule has 1 unspecified atom stereocenters. The molecule has 23 heavy (non-hydrogen) atoms. The fourth-order valence-electron chi connectivity index (χ4n) is 1.86. The van der Waals surface area contributed by atoms with Crippen LogP contribution in [0, 0.1) is 0 Å². The van der Waals surface area contributed by atoms with E-state index >= 15 is 0 Å². The highest BCUT2D eigenvalue weighted by molar-refractivity contribution is 5.85. The molecular formula is C16H23NO6. The third-order valence-electron chi connectivity index (χ3n) is 2.92. The van der Waals surface area contributed by atoms with Crippen molar-refractivity contribution in [3.8, 4) is 5.75 Å². The molecule has 1 aromatic carbocycles.